The molecule has 0 saturated carbocycles. The number of aryl methyl sites for hydroxylation is 2. The van der Waals surface area contributed by atoms with E-state index < -0.39 is 11.9 Å². The van der Waals surface area contributed by atoms with E-state index in [2.05, 4.69) is 4.98 Å². The van der Waals surface area contributed by atoms with Gasteiger partial charge in [0.1, 0.15) is 5.82 Å². The number of hydrogen-bond acceptors (Lipinski definition) is 2. The summed E-state index contributed by atoms with van der Waals surface area (Å²) in [6, 6.07) is 6.96. The molecule has 19 heavy (non-hydrogen) atoms. The largest absolute Gasteiger partial charge is 0.481 e. The molecule has 1 aromatic heterocycles. The van der Waals surface area contributed by atoms with Crippen LogP contribution < -0.4 is 0 Å². The highest BCUT2D eigenvalue weighted by Gasteiger charge is 2.20. The van der Waals surface area contributed by atoms with Gasteiger partial charge in [0.05, 0.1) is 5.92 Å². The molecule has 0 saturated heterocycles. The van der Waals surface area contributed by atoms with Crippen LogP contribution in [-0.4, -0.2) is 20.6 Å². The van der Waals surface area contributed by atoms with Crippen LogP contribution >= 0.6 is 11.6 Å². The molecule has 2 aromatic rings. The minimum atomic E-state index is -0.823. The fourth-order valence-electron chi connectivity index (χ4n) is 2.04. The second-order valence-corrected chi connectivity index (χ2v) is 4.87. The molecule has 0 bridgehead atoms. The number of imidazole rings is 1. The number of carboxylic acid groups (broad SMARTS) is 1. The van der Waals surface area contributed by atoms with Gasteiger partial charge in [-0.3, -0.25) is 4.79 Å². The Morgan fingerprint density at radius 1 is 1.42 bits per heavy atom. The van der Waals surface area contributed by atoms with Crippen molar-refractivity contribution in [3.63, 3.8) is 0 Å². The average Bonchev–Trinajstić information content (AvgIpc) is 2.77. The number of hydrogen-bond donors (Lipinski definition) is 1. The molecule has 4 nitrogen and oxygen atoms in total. The smallest absolute Gasteiger partial charge is 0.310 e. The second kappa shape index (κ2) is 5.89. The Hall–Kier alpha value is -1.81. The van der Waals surface area contributed by atoms with Gasteiger partial charge in [-0.05, 0) is 24.1 Å². The summed E-state index contributed by atoms with van der Waals surface area (Å²) < 4.78 is 1.90. The first-order valence-corrected chi connectivity index (χ1v) is 6.40. The average molecular weight is 279 g/mol. The number of halogens is 1. The minimum absolute atomic E-state index is 0.516. The molecule has 0 amide bonds. The first kappa shape index (κ1) is 13.6. The SMILES string of the molecule is Cn1ccnc1CCC(C(=O)O)c1ccc(Cl)cc1. The van der Waals surface area contributed by atoms with Crippen LogP contribution in [0.4, 0.5) is 0 Å². The summed E-state index contributed by atoms with van der Waals surface area (Å²) in [5, 5.41) is 9.94. The van der Waals surface area contributed by atoms with E-state index in [0.717, 1.165) is 11.4 Å². The lowest BCUT2D eigenvalue weighted by molar-refractivity contribution is -0.138. The molecule has 0 spiro atoms. The van der Waals surface area contributed by atoms with Gasteiger partial charge in [-0.25, -0.2) is 4.98 Å². The highest BCUT2D eigenvalue weighted by molar-refractivity contribution is 6.30. The highest BCUT2D eigenvalue weighted by Crippen LogP contribution is 2.23. The molecule has 1 heterocycles. The van der Waals surface area contributed by atoms with Crippen molar-refractivity contribution in [2.45, 2.75) is 18.8 Å². The van der Waals surface area contributed by atoms with E-state index in [-0.39, 0.29) is 0 Å². The summed E-state index contributed by atoms with van der Waals surface area (Å²) in [4.78, 5) is 15.6. The van der Waals surface area contributed by atoms with Gasteiger partial charge in [0.25, 0.3) is 0 Å². The van der Waals surface area contributed by atoms with Crippen molar-refractivity contribution in [2.24, 2.45) is 7.05 Å². The Morgan fingerprint density at radius 2 is 2.11 bits per heavy atom. The van der Waals surface area contributed by atoms with E-state index in [0.29, 0.717) is 17.9 Å². The molecule has 1 N–H and O–H groups in total. The molecule has 5 heteroatoms. The Morgan fingerprint density at radius 3 is 2.63 bits per heavy atom. The molecular formula is C14H15ClN2O2. The Kier molecular flexibility index (Phi) is 4.22. The van der Waals surface area contributed by atoms with E-state index in [1.54, 1.807) is 30.5 Å². The fourth-order valence-corrected chi connectivity index (χ4v) is 2.16. The minimum Gasteiger partial charge on any atom is -0.481 e. The van der Waals surface area contributed by atoms with Crippen molar-refractivity contribution in [1.29, 1.82) is 0 Å². The van der Waals surface area contributed by atoms with Crippen LogP contribution in [0.5, 0.6) is 0 Å². The van der Waals surface area contributed by atoms with Crippen LogP contribution in [0, 0.1) is 0 Å². The molecule has 0 aliphatic rings. The van der Waals surface area contributed by atoms with Gasteiger partial charge in [0.2, 0.25) is 0 Å². The maximum Gasteiger partial charge on any atom is 0.310 e. The molecule has 100 valence electrons. The van der Waals surface area contributed by atoms with Gasteiger partial charge in [0.15, 0.2) is 0 Å². The van der Waals surface area contributed by atoms with Crippen molar-refractivity contribution < 1.29 is 9.90 Å². The van der Waals surface area contributed by atoms with Gasteiger partial charge in [-0.15, -0.1) is 0 Å². The first-order valence-electron chi connectivity index (χ1n) is 6.02. The third-order valence-corrected chi connectivity index (χ3v) is 3.40. The van der Waals surface area contributed by atoms with Crippen LogP contribution in [0.3, 0.4) is 0 Å². The Balaban J connectivity index is 2.11. The van der Waals surface area contributed by atoms with Crippen molar-refractivity contribution in [2.75, 3.05) is 0 Å². The summed E-state index contributed by atoms with van der Waals surface area (Å²) in [5.74, 6) is -0.467. The molecule has 1 aromatic carbocycles. The molecule has 1 atom stereocenters. The lowest BCUT2D eigenvalue weighted by Gasteiger charge is -2.12. The van der Waals surface area contributed by atoms with Crippen molar-refractivity contribution in [3.8, 4) is 0 Å². The molecule has 1 unspecified atom stereocenters. The van der Waals surface area contributed by atoms with E-state index in [1.165, 1.54) is 0 Å². The molecule has 0 aliphatic heterocycles. The number of aromatic nitrogens is 2. The van der Waals surface area contributed by atoms with Crippen LogP contribution in [0.15, 0.2) is 36.7 Å². The van der Waals surface area contributed by atoms with Crippen molar-refractivity contribution >= 4 is 17.6 Å². The Labute approximate surface area is 116 Å². The topological polar surface area (TPSA) is 55.1 Å². The molecule has 0 fully saturated rings. The van der Waals surface area contributed by atoms with E-state index in [1.807, 2.05) is 17.8 Å². The monoisotopic (exact) mass is 278 g/mol. The van der Waals surface area contributed by atoms with Gasteiger partial charge in [0, 0.05) is 30.9 Å². The van der Waals surface area contributed by atoms with Gasteiger partial charge in [-0.2, -0.15) is 0 Å². The number of carboxylic acids is 1. The summed E-state index contributed by atoms with van der Waals surface area (Å²) >= 11 is 5.81. The first-order chi connectivity index (χ1) is 9.08. The standard InChI is InChI=1S/C14H15ClN2O2/c1-17-9-8-16-13(17)7-6-12(14(18)19)10-2-4-11(15)5-3-10/h2-5,8-9,12H,6-7H2,1H3,(H,18,19). The maximum atomic E-state index is 11.4. The second-order valence-electron chi connectivity index (χ2n) is 4.44. The highest BCUT2D eigenvalue weighted by atomic mass is 35.5. The van der Waals surface area contributed by atoms with Gasteiger partial charge < -0.3 is 9.67 Å². The number of aliphatic carboxylic acids is 1. The van der Waals surface area contributed by atoms with E-state index in [4.69, 9.17) is 11.6 Å². The molecule has 0 aliphatic carbocycles. The van der Waals surface area contributed by atoms with Crippen molar-refractivity contribution in [3.05, 3.63) is 53.1 Å². The van der Waals surface area contributed by atoms with Gasteiger partial charge >= 0.3 is 5.97 Å². The lowest BCUT2D eigenvalue weighted by atomic mass is 9.94. The van der Waals surface area contributed by atoms with E-state index >= 15 is 0 Å². The van der Waals surface area contributed by atoms with Crippen molar-refractivity contribution in [1.82, 2.24) is 9.55 Å². The number of carbonyl (C=O) groups is 1. The zero-order chi connectivity index (χ0) is 13.8. The zero-order valence-electron chi connectivity index (χ0n) is 10.6. The third kappa shape index (κ3) is 3.35. The molecule has 0 radical (unpaired) electrons. The third-order valence-electron chi connectivity index (χ3n) is 3.15. The summed E-state index contributed by atoms with van der Waals surface area (Å²) in [6.45, 7) is 0. The number of rotatable bonds is 5. The van der Waals surface area contributed by atoms with Crippen LogP contribution in [-0.2, 0) is 18.3 Å². The zero-order valence-corrected chi connectivity index (χ0v) is 11.3. The predicted molar refractivity (Wildman–Crippen MR) is 73.4 cm³/mol. The summed E-state index contributed by atoms with van der Waals surface area (Å²) in [6.07, 6.45) is 4.71. The number of nitrogens with zero attached hydrogens (tertiary/aromatic N) is 2. The van der Waals surface area contributed by atoms with E-state index in [9.17, 15) is 9.90 Å². The Bertz CT molecular complexity index is 563. The summed E-state index contributed by atoms with van der Waals surface area (Å²) in [5.41, 5.74) is 0.770. The van der Waals surface area contributed by atoms with Crippen LogP contribution in [0.2, 0.25) is 5.02 Å². The quantitative estimate of drug-likeness (QED) is 0.915. The maximum absolute atomic E-state index is 11.4. The normalized spacial score (nSPS) is 12.3. The predicted octanol–water partition coefficient (Wildman–Crippen LogP) is 2.87. The van der Waals surface area contributed by atoms with Gasteiger partial charge in [-0.1, -0.05) is 23.7 Å². The lowest BCUT2D eigenvalue weighted by Crippen LogP contribution is -2.13. The summed E-state index contributed by atoms with van der Waals surface area (Å²) in [7, 11) is 1.90. The van der Waals surface area contributed by atoms with Crippen LogP contribution in [0.1, 0.15) is 23.7 Å². The fraction of sp³-hybridized carbons (Fsp3) is 0.286. The number of benzene rings is 1. The molecular weight excluding hydrogens is 264 g/mol. The molecule has 2 rings (SSSR count). The van der Waals surface area contributed by atoms with Crippen LogP contribution in [0.25, 0.3) is 0 Å².